The van der Waals surface area contributed by atoms with Gasteiger partial charge in [0.05, 0.1) is 16.7 Å². The molecule has 17 heavy (non-hydrogen) atoms. The molecule has 0 saturated carbocycles. The number of nitrogens with one attached hydrogen (secondary N) is 1. The maximum absolute atomic E-state index is 11.9. The summed E-state index contributed by atoms with van der Waals surface area (Å²) in [5.74, 6) is 0. The zero-order valence-electron chi connectivity index (χ0n) is 9.40. The Balaban J connectivity index is 3.02. The van der Waals surface area contributed by atoms with Crippen LogP contribution in [0.1, 0.15) is 25.3 Å². The SMILES string of the molecule is CCCCNS(=O)(=O)c1cc(C#N)ccc1Cl. The largest absolute Gasteiger partial charge is 0.242 e. The van der Waals surface area contributed by atoms with E-state index in [0.29, 0.717) is 6.54 Å². The zero-order valence-corrected chi connectivity index (χ0v) is 11.0. The third-order valence-corrected chi connectivity index (χ3v) is 4.11. The molecule has 0 radical (unpaired) electrons. The number of hydrogen-bond acceptors (Lipinski definition) is 3. The van der Waals surface area contributed by atoms with E-state index in [4.69, 9.17) is 16.9 Å². The fourth-order valence-electron chi connectivity index (χ4n) is 1.24. The number of unbranched alkanes of at least 4 members (excludes halogenated alkanes) is 1. The van der Waals surface area contributed by atoms with Gasteiger partial charge in [0, 0.05) is 6.54 Å². The van der Waals surface area contributed by atoms with Gasteiger partial charge in [-0.2, -0.15) is 5.26 Å². The summed E-state index contributed by atoms with van der Waals surface area (Å²) in [6.07, 6.45) is 1.66. The van der Waals surface area contributed by atoms with Gasteiger partial charge in [0.15, 0.2) is 0 Å². The molecule has 1 N–H and O–H groups in total. The summed E-state index contributed by atoms with van der Waals surface area (Å²) in [7, 11) is -3.63. The summed E-state index contributed by atoms with van der Waals surface area (Å²) >= 11 is 5.82. The maximum Gasteiger partial charge on any atom is 0.242 e. The molecule has 0 aliphatic rings. The van der Waals surface area contributed by atoms with E-state index in [-0.39, 0.29) is 15.5 Å². The van der Waals surface area contributed by atoms with Crippen molar-refractivity contribution in [3.8, 4) is 6.07 Å². The average Bonchev–Trinajstić information content (AvgIpc) is 2.29. The number of nitriles is 1. The number of halogens is 1. The van der Waals surface area contributed by atoms with Gasteiger partial charge in [-0.25, -0.2) is 13.1 Å². The van der Waals surface area contributed by atoms with E-state index in [2.05, 4.69) is 4.72 Å². The fourth-order valence-corrected chi connectivity index (χ4v) is 2.84. The van der Waals surface area contributed by atoms with E-state index in [0.717, 1.165) is 12.8 Å². The highest BCUT2D eigenvalue weighted by Crippen LogP contribution is 2.22. The van der Waals surface area contributed by atoms with E-state index < -0.39 is 10.0 Å². The van der Waals surface area contributed by atoms with Crippen molar-refractivity contribution < 1.29 is 8.42 Å². The van der Waals surface area contributed by atoms with Gasteiger partial charge in [-0.3, -0.25) is 0 Å². The van der Waals surface area contributed by atoms with Crippen molar-refractivity contribution in [1.29, 1.82) is 5.26 Å². The molecule has 1 aromatic rings. The van der Waals surface area contributed by atoms with Crippen LogP contribution in [0.5, 0.6) is 0 Å². The van der Waals surface area contributed by atoms with Gasteiger partial charge >= 0.3 is 0 Å². The standard InChI is InChI=1S/C11H13ClN2O2S/c1-2-3-6-14-17(15,16)11-7-9(8-13)4-5-10(11)12/h4-5,7,14H,2-3,6H2,1H3. The molecular formula is C11H13ClN2O2S. The topological polar surface area (TPSA) is 70.0 Å². The highest BCUT2D eigenvalue weighted by Gasteiger charge is 2.17. The van der Waals surface area contributed by atoms with Crippen LogP contribution in [-0.4, -0.2) is 15.0 Å². The third kappa shape index (κ3) is 3.70. The number of hydrogen-bond donors (Lipinski definition) is 1. The van der Waals surface area contributed by atoms with Gasteiger partial charge in [-0.15, -0.1) is 0 Å². The summed E-state index contributed by atoms with van der Waals surface area (Å²) < 4.78 is 26.2. The molecule has 0 saturated heterocycles. The Hall–Kier alpha value is -1.09. The number of benzene rings is 1. The average molecular weight is 273 g/mol. The van der Waals surface area contributed by atoms with Crippen molar-refractivity contribution in [2.75, 3.05) is 6.54 Å². The lowest BCUT2D eigenvalue weighted by molar-refractivity contribution is 0.578. The molecule has 4 nitrogen and oxygen atoms in total. The van der Waals surface area contributed by atoms with Gasteiger partial charge in [-0.1, -0.05) is 24.9 Å². The summed E-state index contributed by atoms with van der Waals surface area (Å²) in [5.41, 5.74) is 0.269. The minimum atomic E-state index is -3.63. The van der Waals surface area contributed by atoms with Crippen LogP contribution in [-0.2, 0) is 10.0 Å². The first-order chi connectivity index (χ1) is 8.01. The van der Waals surface area contributed by atoms with Crippen LogP contribution >= 0.6 is 11.6 Å². The molecule has 0 amide bonds. The molecule has 0 heterocycles. The Labute approximate surface area is 106 Å². The predicted molar refractivity (Wildman–Crippen MR) is 66.3 cm³/mol. The van der Waals surface area contributed by atoms with Gasteiger partial charge in [-0.05, 0) is 24.6 Å². The Morgan fingerprint density at radius 2 is 2.18 bits per heavy atom. The molecule has 1 rings (SSSR count). The normalized spacial score (nSPS) is 11.1. The number of rotatable bonds is 5. The van der Waals surface area contributed by atoms with Crippen molar-refractivity contribution >= 4 is 21.6 Å². The summed E-state index contributed by atoms with van der Waals surface area (Å²) in [6, 6.07) is 6.05. The summed E-state index contributed by atoms with van der Waals surface area (Å²) in [5, 5.41) is 8.84. The lowest BCUT2D eigenvalue weighted by Gasteiger charge is -2.07. The number of nitrogens with zero attached hydrogens (tertiary/aromatic N) is 1. The molecule has 0 fully saturated rings. The third-order valence-electron chi connectivity index (χ3n) is 2.17. The second-order valence-electron chi connectivity index (χ2n) is 3.51. The van der Waals surface area contributed by atoms with Crippen molar-refractivity contribution in [2.24, 2.45) is 0 Å². The quantitative estimate of drug-likeness (QED) is 0.836. The van der Waals surface area contributed by atoms with E-state index in [1.165, 1.54) is 18.2 Å². The zero-order chi connectivity index (χ0) is 12.9. The Morgan fingerprint density at radius 1 is 1.47 bits per heavy atom. The predicted octanol–water partition coefficient (Wildman–Crippen LogP) is 2.29. The molecule has 0 bridgehead atoms. The van der Waals surface area contributed by atoms with Crippen LogP contribution in [0.2, 0.25) is 5.02 Å². The minimum absolute atomic E-state index is 0.0469. The molecule has 0 spiro atoms. The molecule has 0 atom stereocenters. The summed E-state index contributed by atoms with van der Waals surface area (Å²) in [6.45, 7) is 2.34. The van der Waals surface area contributed by atoms with E-state index in [9.17, 15) is 8.42 Å². The molecular weight excluding hydrogens is 260 g/mol. The monoisotopic (exact) mass is 272 g/mol. The lowest BCUT2D eigenvalue weighted by Crippen LogP contribution is -2.25. The van der Waals surface area contributed by atoms with Crippen LogP contribution in [0, 0.1) is 11.3 Å². The first-order valence-electron chi connectivity index (χ1n) is 5.20. The van der Waals surface area contributed by atoms with E-state index in [1.54, 1.807) is 0 Å². The van der Waals surface area contributed by atoms with E-state index >= 15 is 0 Å². The van der Waals surface area contributed by atoms with Crippen molar-refractivity contribution in [3.05, 3.63) is 28.8 Å². The second kappa shape index (κ2) is 6.01. The highest BCUT2D eigenvalue weighted by atomic mass is 35.5. The van der Waals surface area contributed by atoms with Crippen molar-refractivity contribution in [2.45, 2.75) is 24.7 Å². The van der Waals surface area contributed by atoms with Crippen LogP contribution < -0.4 is 4.72 Å². The van der Waals surface area contributed by atoms with Crippen molar-refractivity contribution in [1.82, 2.24) is 4.72 Å². The molecule has 1 aromatic carbocycles. The summed E-state index contributed by atoms with van der Waals surface area (Å²) in [4.78, 5) is -0.0469. The van der Waals surface area contributed by atoms with Crippen LogP contribution in [0.4, 0.5) is 0 Å². The molecule has 0 unspecified atom stereocenters. The molecule has 92 valence electrons. The molecule has 0 aliphatic heterocycles. The Morgan fingerprint density at radius 3 is 2.76 bits per heavy atom. The second-order valence-corrected chi connectivity index (χ2v) is 5.65. The smallest absolute Gasteiger partial charge is 0.211 e. The Bertz CT molecular complexity index is 535. The maximum atomic E-state index is 11.9. The van der Waals surface area contributed by atoms with Crippen LogP contribution in [0.3, 0.4) is 0 Å². The molecule has 0 aliphatic carbocycles. The minimum Gasteiger partial charge on any atom is -0.211 e. The van der Waals surface area contributed by atoms with Crippen LogP contribution in [0.15, 0.2) is 23.1 Å². The first kappa shape index (κ1) is 14.0. The molecule has 0 aromatic heterocycles. The lowest BCUT2D eigenvalue weighted by atomic mass is 10.2. The highest BCUT2D eigenvalue weighted by molar-refractivity contribution is 7.89. The van der Waals surface area contributed by atoms with Gasteiger partial charge < -0.3 is 0 Å². The fraction of sp³-hybridized carbons (Fsp3) is 0.364. The van der Waals surface area contributed by atoms with Crippen molar-refractivity contribution in [3.63, 3.8) is 0 Å². The molecule has 6 heteroatoms. The Kier molecular flexibility index (Phi) is 4.94. The van der Waals surface area contributed by atoms with Gasteiger partial charge in [0.1, 0.15) is 4.90 Å². The van der Waals surface area contributed by atoms with Gasteiger partial charge in [0.2, 0.25) is 10.0 Å². The van der Waals surface area contributed by atoms with Crippen LogP contribution in [0.25, 0.3) is 0 Å². The van der Waals surface area contributed by atoms with Gasteiger partial charge in [0.25, 0.3) is 0 Å². The van der Waals surface area contributed by atoms with E-state index in [1.807, 2.05) is 13.0 Å². The number of sulfonamides is 1. The first-order valence-corrected chi connectivity index (χ1v) is 7.06.